The van der Waals surface area contributed by atoms with E-state index < -0.39 is 17.0 Å². The van der Waals surface area contributed by atoms with Crippen molar-refractivity contribution in [2.75, 3.05) is 6.54 Å². The van der Waals surface area contributed by atoms with Gasteiger partial charge in [-0.1, -0.05) is 20.8 Å². The van der Waals surface area contributed by atoms with Crippen LogP contribution in [0.15, 0.2) is 23.0 Å². The largest absolute Gasteiger partial charge is 0.337 e. The second kappa shape index (κ2) is 6.06. The summed E-state index contributed by atoms with van der Waals surface area (Å²) in [6.07, 6.45) is 0.442. The van der Waals surface area contributed by atoms with Gasteiger partial charge in [-0.25, -0.2) is 13.8 Å². The Hall–Kier alpha value is -2.57. The molecule has 1 N–H and O–H groups in total. The Morgan fingerprint density at radius 2 is 1.96 bits per heavy atom. The van der Waals surface area contributed by atoms with Crippen molar-refractivity contribution in [1.82, 2.24) is 14.9 Å². The van der Waals surface area contributed by atoms with E-state index in [1.54, 1.807) is 4.90 Å². The van der Waals surface area contributed by atoms with Crippen LogP contribution in [0.1, 0.15) is 32.0 Å². The first kappa shape index (κ1) is 17.3. The number of carbonyl (C=O) groups excluding carboxylic acids is 1. The molecule has 1 aromatic heterocycles. The third-order valence-corrected chi connectivity index (χ3v) is 4.19. The van der Waals surface area contributed by atoms with Crippen LogP contribution in [0, 0.1) is 17.0 Å². The average molecular weight is 347 g/mol. The first-order valence-electron chi connectivity index (χ1n) is 8.03. The van der Waals surface area contributed by atoms with E-state index in [4.69, 9.17) is 0 Å². The Kier molecular flexibility index (Phi) is 4.18. The lowest BCUT2D eigenvalue weighted by Gasteiger charge is -2.32. The number of benzene rings is 1. The summed E-state index contributed by atoms with van der Waals surface area (Å²) < 4.78 is 26.5. The second-order valence-electron chi connectivity index (χ2n) is 7.20. The van der Waals surface area contributed by atoms with E-state index in [1.165, 1.54) is 6.07 Å². The number of aromatic nitrogens is 2. The molecule has 2 aromatic rings. The molecule has 5 nitrogen and oxygen atoms in total. The van der Waals surface area contributed by atoms with Crippen molar-refractivity contribution in [2.24, 2.45) is 5.41 Å². The van der Waals surface area contributed by atoms with Crippen LogP contribution in [0.4, 0.5) is 8.78 Å². The zero-order valence-electron chi connectivity index (χ0n) is 14.3. The minimum Gasteiger partial charge on any atom is -0.337 e. The fraction of sp³-hybridized carbons (Fsp3) is 0.389. The zero-order chi connectivity index (χ0) is 18.4. The molecule has 1 aliphatic heterocycles. The molecule has 1 aromatic carbocycles. The molecule has 0 fully saturated rings. The van der Waals surface area contributed by atoms with Crippen molar-refractivity contribution < 1.29 is 13.6 Å². The number of aromatic amines is 1. The van der Waals surface area contributed by atoms with Crippen LogP contribution < -0.4 is 5.56 Å². The van der Waals surface area contributed by atoms with Crippen molar-refractivity contribution in [3.8, 4) is 11.4 Å². The van der Waals surface area contributed by atoms with E-state index >= 15 is 0 Å². The van der Waals surface area contributed by atoms with Gasteiger partial charge in [0.1, 0.15) is 5.82 Å². The first-order chi connectivity index (χ1) is 11.7. The highest BCUT2D eigenvalue weighted by molar-refractivity contribution is 5.81. The van der Waals surface area contributed by atoms with E-state index in [-0.39, 0.29) is 23.8 Å². The van der Waals surface area contributed by atoms with E-state index in [9.17, 15) is 18.4 Å². The predicted octanol–water partition coefficient (Wildman–Crippen LogP) is 2.65. The summed E-state index contributed by atoms with van der Waals surface area (Å²) in [6.45, 7) is 6.17. The molecule has 0 aliphatic carbocycles. The Morgan fingerprint density at radius 1 is 1.24 bits per heavy atom. The number of halogens is 2. The number of nitrogens with one attached hydrogen (secondary N) is 1. The summed E-state index contributed by atoms with van der Waals surface area (Å²) in [5.74, 6) is -1.79. The van der Waals surface area contributed by atoms with E-state index in [0.29, 0.717) is 29.8 Å². The molecule has 25 heavy (non-hydrogen) atoms. The third-order valence-electron chi connectivity index (χ3n) is 4.19. The molecular formula is C18H19F2N3O2. The number of hydrogen-bond acceptors (Lipinski definition) is 3. The maximum absolute atomic E-state index is 13.4. The number of amides is 1. The van der Waals surface area contributed by atoms with Crippen molar-refractivity contribution >= 4 is 5.91 Å². The molecule has 132 valence electrons. The summed E-state index contributed by atoms with van der Waals surface area (Å²) in [7, 11) is 0. The van der Waals surface area contributed by atoms with E-state index in [0.717, 1.165) is 12.1 Å². The lowest BCUT2D eigenvalue weighted by molar-refractivity contribution is -0.140. The molecule has 0 atom stereocenters. The number of hydrogen-bond donors (Lipinski definition) is 1. The van der Waals surface area contributed by atoms with Gasteiger partial charge in [-0.05, 0) is 18.2 Å². The van der Waals surface area contributed by atoms with E-state index in [1.807, 2.05) is 20.8 Å². The van der Waals surface area contributed by atoms with Gasteiger partial charge in [0.05, 0.1) is 17.8 Å². The van der Waals surface area contributed by atoms with Crippen molar-refractivity contribution in [2.45, 2.75) is 33.7 Å². The summed E-state index contributed by atoms with van der Waals surface area (Å²) >= 11 is 0. The topological polar surface area (TPSA) is 66.1 Å². The van der Waals surface area contributed by atoms with Crippen LogP contribution >= 0.6 is 0 Å². The molecular weight excluding hydrogens is 328 g/mol. The van der Waals surface area contributed by atoms with Gasteiger partial charge < -0.3 is 9.88 Å². The highest BCUT2D eigenvalue weighted by Gasteiger charge is 2.31. The fourth-order valence-electron chi connectivity index (χ4n) is 2.85. The molecule has 0 saturated heterocycles. The minimum absolute atomic E-state index is 0.0257. The monoisotopic (exact) mass is 347 g/mol. The normalized spacial score (nSPS) is 14.4. The summed E-state index contributed by atoms with van der Waals surface area (Å²) in [4.78, 5) is 33.5. The Balaban J connectivity index is 1.95. The quantitative estimate of drug-likeness (QED) is 0.862. The molecule has 3 rings (SSSR count). The number of H-pyrrole nitrogens is 1. The molecule has 2 heterocycles. The molecule has 0 spiro atoms. The van der Waals surface area contributed by atoms with Gasteiger partial charge >= 0.3 is 0 Å². The molecule has 0 radical (unpaired) electrons. The van der Waals surface area contributed by atoms with Crippen LogP contribution in [0.3, 0.4) is 0 Å². The smallest absolute Gasteiger partial charge is 0.256 e. The second-order valence-corrected chi connectivity index (χ2v) is 7.20. The standard InChI is InChI=1S/C18H19F2N3O2/c1-18(2,3)17(25)23-7-6-14-11(9-23)16(24)22-15(21-14)10-4-5-12(19)13(20)8-10/h4-5,8H,6-7,9H2,1-3H3,(H,21,22,24). The highest BCUT2D eigenvalue weighted by Crippen LogP contribution is 2.24. The van der Waals surface area contributed by atoms with Gasteiger partial charge in [-0.2, -0.15) is 0 Å². The fourth-order valence-corrected chi connectivity index (χ4v) is 2.85. The zero-order valence-corrected chi connectivity index (χ0v) is 14.3. The third kappa shape index (κ3) is 3.31. The van der Waals surface area contributed by atoms with Crippen molar-refractivity contribution in [1.29, 1.82) is 0 Å². The Labute approximate surface area is 143 Å². The number of nitrogens with zero attached hydrogens (tertiary/aromatic N) is 2. The van der Waals surface area contributed by atoms with Gasteiger partial charge in [0.15, 0.2) is 11.6 Å². The molecule has 0 saturated carbocycles. The minimum atomic E-state index is -1.00. The number of rotatable bonds is 1. The van der Waals surface area contributed by atoms with Gasteiger partial charge in [-0.15, -0.1) is 0 Å². The molecule has 0 bridgehead atoms. The lowest BCUT2D eigenvalue weighted by atomic mass is 9.93. The first-order valence-corrected chi connectivity index (χ1v) is 8.03. The lowest BCUT2D eigenvalue weighted by Crippen LogP contribution is -2.44. The maximum Gasteiger partial charge on any atom is 0.256 e. The predicted molar refractivity (Wildman–Crippen MR) is 88.8 cm³/mol. The molecule has 1 aliphatic rings. The average Bonchev–Trinajstić information content (AvgIpc) is 2.55. The van der Waals surface area contributed by atoms with Gasteiger partial charge in [0.25, 0.3) is 5.56 Å². The van der Waals surface area contributed by atoms with Crippen LogP contribution in [0.2, 0.25) is 0 Å². The maximum atomic E-state index is 13.4. The number of carbonyl (C=O) groups is 1. The Morgan fingerprint density at radius 3 is 2.60 bits per heavy atom. The summed E-state index contributed by atoms with van der Waals surface area (Å²) in [5.41, 5.74) is 0.434. The number of fused-ring (bicyclic) bond motifs is 1. The van der Waals surface area contributed by atoms with Crippen molar-refractivity contribution in [3.63, 3.8) is 0 Å². The van der Waals surface area contributed by atoms with Crippen LogP contribution in [-0.2, 0) is 17.8 Å². The van der Waals surface area contributed by atoms with Gasteiger partial charge in [-0.3, -0.25) is 9.59 Å². The van der Waals surface area contributed by atoms with Crippen LogP contribution in [0.5, 0.6) is 0 Å². The van der Waals surface area contributed by atoms with E-state index in [2.05, 4.69) is 9.97 Å². The summed E-state index contributed by atoms with van der Waals surface area (Å²) in [6, 6.07) is 3.35. The molecule has 1 amide bonds. The molecule has 0 unspecified atom stereocenters. The molecule has 7 heteroatoms. The van der Waals surface area contributed by atoms with Crippen molar-refractivity contribution in [3.05, 3.63) is 51.4 Å². The Bertz CT molecular complexity index is 900. The van der Waals surface area contributed by atoms with Crippen LogP contribution in [-0.4, -0.2) is 27.3 Å². The highest BCUT2D eigenvalue weighted by atomic mass is 19.2. The van der Waals surface area contributed by atoms with Crippen LogP contribution in [0.25, 0.3) is 11.4 Å². The van der Waals surface area contributed by atoms with Gasteiger partial charge in [0, 0.05) is 23.9 Å². The summed E-state index contributed by atoms with van der Waals surface area (Å²) in [5, 5.41) is 0. The SMILES string of the molecule is CC(C)(C)C(=O)N1CCc2nc(-c3ccc(F)c(F)c3)[nH]c(=O)c2C1. The van der Waals surface area contributed by atoms with Gasteiger partial charge in [0.2, 0.25) is 5.91 Å².